The van der Waals surface area contributed by atoms with Gasteiger partial charge in [0.15, 0.2) is 5.78 Å². The Hall–Kier alpha value is -4.06. The number of halogens is 2. The molecule has 2 aromatic heterocycles. The molecule has 0 bridgehead atoms. The molecule has 0 spiro atoms. The van der Waals surface area contributed by atoms with Crippen molar-refractivity contribution in [2.75, 3.05) is 0 Å². The van der Waals surface area contributed by atoms with E-state index in [1.54, 1.807) is 18.3 Å². The third kappa shape index (κ3) is 5.96. The second kappa shape index (κ2) is 11.9. The van der Waals surface area contributed by atoms with Gasteiger partial charge in [-0.15, -0.1) is 23.6 Å². The number of alkyl halides is 2. The van der Waals surface area contributed by atoms with E-state index in [-0.39, 0.29) is 48.2 Å². The topological polar surface area (TPSA) is 63.1 Å². The van der Waals surface area contributed by atoms with E-state index in [4.69, 9.17) is 0 Å². The van der Waals surface area contributed by atoms with Gasteiger partial charge < -0.3 is 5.11 Å². The van der Waals surface area contributed by atoms with Crippen LogP contribution in [0.15, 0.2) is 78.7 Å². The van der Waals surface area contributed by atoms with Gasteiger partial charge >= 0.3 is 0 Å². The van der Waals surface area contributed by atoms with Crippen molar-refractivity contribution < 1.29 is 38.8 Å². The van der Waals surface area contributed by atoms with Crippen LogP contribution in [0.1, 0.15) is 64.1 Å². The van der Waals surface area contributed by atoms with Crippen molar-refractivity contribution in [3.8, 4) is 11.3 Å². The molecule has 1 radical (unpaired) electrons. The zero-order valence-electron chi connectivity index (χ0n) is 27.8. The summed E-state index contributed by atoms with van der Waals surface area (Å²) in [4.78, 5) is 20.6. The van der Waals surface area contributed by atoms with Crippen LogP contribution in [-0.4, -0.2) is 20.9 Å². The number of pyridine rings is 2. The van der Waals surface area contributed by atoms with Gasteiger partial charge in [-0.2, -0.15) is 0 Å². The van der Waals surface area contributed by atoms with Crippen molar-refractivity contribution in [3.63, 3.8) is 0 Å². The average molecular weight is 808 g/mol. The van der Waals surface area contributed by atoms with E-state index in [0.29, 0.717) is 16.6 Å². The van der Waals surface area contributed by atoms with Crippen molar-refractivity contribution in [2.45, 2.75) is 61.3 Å². The SMILES string of the molecule is CC(C)(C)C(=O)/C=C(\O)C(C)(C)C.Cc1cc2c(ccc3c4ccnc5c4c(cc23)C(F)(F)c2cc3ccccc3[c-]c2-5)c(C)n1.[Ir]. The van der Waals surface area contributed by atoms with Crippen LogP contribution in [0.25, 0.3) is 54.3 Å². The van der Waals surface area contributed by atoms with Crippen LogP contribution >= 0.6 is 0 Å². The van der Waals surface area contributed by atoms with Gasteiger partial charge in [-0.3, -0.25) is 14.8 Å². The summed E-state index contributed by atoms with van der Waals surface area (Å²) in [5, 5.41) is 16.1. The van der Waals surface area contributed by atoms with E-state index in [0.717, 1.165) is 49.1 Å². The molecule has 0 saturated heterocycles. The van der Waals surface area contributed by atoms with Crippen LogP contribution in [0.5, 0.6) is 0 Å². The Morgan fingerprint density at radius 3 is 2.17 bits per heavy atom. The maximum atomic E-state index is 16.2. The number of aromatic nitrogens is 2. The minimum Gasteiger partial charge on any atom is -0.512 e. The summed E-state index contributed by atoms with van der Waals surface area (Å²) in [5.41, 5.74) is 1.92. The number of aliphatic hydroxyl groups excluding tert-OH is 1. The smallest absolute Gasteiger partial charge is 0.273 e. The molecule has 243 valence electrons. The molecule has 6 aromatic rings. The number of rotatable bonds is 1. The maximum Gasteiger partial charge on any atom is 0.273 e. The maximum absolute atomic E-state index is 16.2. The molecular weight excluding hydrogens is 771 g/mol. The second-order valence-electron chi connectivity index (χ2n) is 14.2. The van der Waals surface area contributed by atoms with Crippen LogP contribution in [0, 0.1) is 30.7 Å². The van der Waals surface area contributed by atoms with E-state index in [1.807, 2.05) is 104 Å². The fraction of sp³-hybridized carbons (Fsp3) is 0.275. The monoisotopic (exact) mass is 808 g/mol. The van der Waals surface area contributed by atoms with Crippen molar-refractivity contribution in [3.05, 3.63) is 107 Å². The molecule has 7 heteroatoms. The molecule has 0 aliphatic heterocycles. The van der Waals surface area contributed by atoms with Crippen LogP contribution in [0.3, 0.4) is 0 Å². The number of benzene rings is 4. The molecule has 0 fully saturated rings. The third-order valence-electron chi connectivity index (χ3n) is 8.65. The quantitative estimate of drug-likeness (QED) is 0.0778. The summed E-state index contributed by atoms with van der Waals surface area (Å²) < 4.78 is 32.4. The molecule has 0 amide bonds. The molecule has 0 unspecified atom stereocenters. The van der Waals surface area contributed by atoms with E-state index in [9.17, 15) is 9.90 Å². The van der Waals surface area contributed by atoms with Crippen LogP contribution in [0.4, 0.5) is 8.78 Å². The Balaban J connectivity index is 0.000000267. The minimum absolute atomic E-state index is 0. The first-order valence-electron chi connectivity index (χ1n) is 15.4. The zero-order chi connectivity index (χ0) is 33.3. The number of carbonyl (C=O) groups is 1. The van der Waals surface area contributed by atoms with Crippen molar-refractivity contribution >= 4 is 48.9 Å². The first-order chi connectivity index (χ1) is 21.5. The third-order valence-corrected chi connectivity index (χ3v) is 8.65. The van der Waals surface area contributed by atoms with Gasteiger partial charge in [-0.25, -0.2) is 8.78 Å². The molecular formula is C40H37F2IrN2O2-. The molecule has 1 N–H and O–H groups in total. The summed E-state index contributed by atoms with van der Waals surface area (Å²) in [6.45, 7) is 15.0. The number of aryl methyl sites for hydroxylation is 2. The van der Waals surface area contributed by atoms with E-state index in [1.165, 1.54) is 6.08 Å². The number of aliphatic hydroxyl groups is 1. The van der Waals surface area contributed by atoms with Gasteiger partial charge in [-0.1, -0.05) is 82.8 Å². The summed E-state index contributed by atoms with van der Waals surface area (Å²) in [6, 6.07) is 21.9. The van der Waals surface area contributed by atoms with Gasteiger partial charge in [0.2, 0.25) is 0 Å². The molecule has 7 rings (SSSR count). The predicted molar refractivity (Wildman–Crippen MR) is 183 cm³/mol. The standard InChI is InChI=1S/C29H17F2N2.C11H20O2.Ir/c1-15-11-22-19(16(2)33-15)7-8-20-21-9-10-32-28-24-12-17-5-3-4-6-18(17)13-25(24)29(30,31)26(27(21)28)14-23(20)22;1-10(2,3)8(12)7-9(13)11(4,5)6;/h3-11,13-14H,1-2H3;7,12H,1-6H3;/q-1;;/b;8-7-;. The Kier molecular flexibility index (Phi) is 8.66. The van der Waals surface area contributed by atoms with Gasteiger partial charge in [0.1, 0.15) is 5.76 Å². The van der Waals surface area contributed by atoms with Crippen molar-refractivity contribution in [1.29, 1.82) is 0 Å². The van der Waals surface area contributed by atoms with Crippen molar-refractivity contribution in [1.82, 2.24) is 9.97 Å². The number of carbonyl (C=O) groups excluding carboxylic acids is 1. The average Bonchev–Trinajstić information content (AvgIpc) is 2.98. The van der Waals surface area contributed by atoms with Gasteiger partial charge in [0, 0.05) is 71.2 Å². The number of allylic oxidation sites excluding steroid dienone is 2. The second-order valence-corrected chi connectivity index (χ2v) is 14.2. The largest absolute Gasteiger partial charge is 0.512 e. The van der Waals surface area contributed by atoms with Crippen LogP contribution in [-0.2, 0) is 30.8 Å². The van der Waals surface area contributed by atoms with Crippen LogP contribution in [0.2, 0.25) is 0 Å². The van der Waals surface area contributed by atoms with E-state index < -0.39 is 11.3 Å². The number of fused-ring (bicyclic) bond motifs is 7. The Labute approximate surface area is 287 Å². The molecule has 4 nitrogen and oxygen atoms in total. The first-order valence-corrected chi connectivity index (χ1v) is 15.4. The minimum atomic E-state index is -3.17. The fourth-order valence-electron chi connectivity index (χ4n) is 5.98. The van der Waals surface area contributed by atoms with Crippen molar-refractivity contribution in [2.24, 2.45) is 10.8 Å². The Morgan fingerprint density at radius 2 is 1.49 bits per heavy atom. The Morgan fingerprint density at radius 1 is 0.830 bits per heavy atom. The normalized spacial score (nSPS) is 14.0. The zero-order valence-corrected chi connectivity index (χ0v) is 30.2. The van der Waals surface area contributed by atoms with E-state index in [2.05, 4.69) is 16.0 Å². The molecule has 1 aliphatic carbocycles. The number of nitrogens with zero attached hydrogens (tertiary/aromatic N) is 2. The fourth-order valence-corrected chi connectivity index (χ4v) is 5.98. The number of ketones is 1. The molecule has 2 heterocycles. The summed E-state index contributed by atoms with van der Waals surface area (Å²) in [6.07, 6.45) is 3.05. The Bertz CT molecular complexity index is 2260. The van der Waals surface area contributed by atoms with Gasteiger partial charge in [-0.05, 0) is 64.5 Å². The van der Waals surface area contributed by atoms with Gasteiger partial charge in [0.05, 0.1) is 0 Å². The molecule has 0 atom stereocenters. The number of hydrogen-bond acceptors (Lipinski definition) is 4. The molecule has 0 saturated carbocycles. The van der Waals surface area contributed by atoms with E-state index >= 15 is 8.78 Å². The summed E-state index contributed by atoms with van der Waals surface area (Å²) in [5.74, 6) is -3.06. The molecule has 1 aliphatic rings. The summed E-state index contributed by atoms with van der Waals surface area (Å²) in [7, 11) is 0. The van der Waals surface area contributed by atoms with Crippen LogP contribution < -0.4 is 0 Å². The predicted octanol–water partition coefficient (Wildman–Crippen LogP) is 10.7. The summed E-state index contributed by atoms with van der Waals surface area (Å²) >= 11 is 0. The van der Waals surface area contributed by atoms with Gasteiger partial charge in [0.25, 0.3) is 5.92 Å². The molecule has 4 aromatic carbocycles. The number of hydrogen-bond donors (Lipinski definition) is 1. The molecule has 47 heavy (non-hydrogen) atoms. The first kappa shape index (κ1) is 34.3.